The predicted molar refractivity (Wildman–Crippen MR) is 70.2 cm³/mol. The Hall–Kier alpha value is -2.11. The minimum Gasteiger partial charge on any atom is -0.334 e. The first-order chi connectivity index (χ1) is 9.60. The smallest absolute Gasteiger partial charge is 0.334 e. The average Bonchev–Trinajstić information content (AvgIpc) is 2.49. The fourth-order valence-corrected chi connectivity index (χ4v) is 2.47. The summed E-state index contributed by atoms with van der Waals surface area (Å²) in [4.78, 5) is 33.8. The third-order valence-electron chi connectivity index (χ3n) is 3.61. The van der Waals surface area contributed by atoms with Gasteiger partial charge in [-0.3, -0.25) is 9.59 Å². The van der Waals surface area contributed by atoms with E-state index < -0.39 is 11.8 Å². The Labute approximate surface area is 115 Å². The van der Waals surface area contributed by atoms with Crippen molar-refractivity contribution in [3.05, 3.63) is 40.6 Å². The Balaban J connectivity index is 1.85. The Morgan fingerprint density at radius 1 is 1.20 bits per heavy atom. The van der Waals surface area contributed by atoms with Gasteiger partial charge in [0, 0.05) is 18.3 Å². The summed E-state index contributed by atoms with van der Waals surface area (Å²) >= 11 is 0. The van der Waals surface area contributed by atoms with Gasteiger partial charge in [-0.2, -0.15) is 0 Å². The van der Waals surface area contributed by atoms with Gasteiger partial charge >= 0.3 is 11.8 Å². The summed E-state index contributed by atoms with van der Waals surface area (Å²) in [6, 6.07) is 6.38. The molecule has 5 nitrogen and oxygen atoms in total. The number of halogens is 1. The summed E-state index contributed by atoms with van der Waals surface area (Å²) in [5.74, 6) is -1.92. The molecule has 0 unspecified atom stereocenters. The highest BCUT2D eigenvalue weighted by atomic mass is 19.1. The second-order valence-corrected chi connectivity index (χ2v) is 4.96. The van der Waals surface area contributed by atoms with Crippen molar-refractivity contribution in [3.8, 4) is 0 Å². The van der Waals surface area contributed by atoms with Gasteiger partial charge in [0.05, 0.1) is 0 Å². The van der Waals surface area contributed by atoms with E-state index in [-0.39, 0.29) is 5.82 Å². The van der Waals surface area contributed by atoms with Crippen LogP contribution in [0.5, 0.6) is 0 Å². The molecule has 106 valence electrons. The summed E-state index contributed by atoms with van der Waals surface area (Å²) in [5, 5.41) is 2.14. The Morgan fingerprint density at radius 2 is 1.80 bits per heavy atom. The maximum atomic E-state index is 12.8. The van der Waals surface area contributed by atoms with E-state index in [1.165, 1.54) is 17.0 Å². The van der Waals surface area contributed by atoms with E-state index in [2.05, 4.69) is 5.18 Å². The van der Waals surface area contributed by atoms with Gasteiger partial charge in [-0.05, 0) is 42.9 Å². The molecule has 0 saturated carbocycles. The number of rotatable bonds is 2. The molecule has 0 radical (unpaired) electrons. The molecule has 0 aliphatic carbocycles. The van der Waals surface area contributed by atoms with Crippen LogP contribution in [0, 0.1) is 16.6 Å². The van der Waals surface area contributed by atoms with E-state index in [9.17, 15) is 18.9 Å². The normalized spacial score (nSPS) is 15.9. The molecule has 1 aliphatic rings. The second kappa shape index (κ2) is 6.36. The van der Waals surface area contributed by atoms with Crippen LogP contribution < -0.4 is 0 Å². The van der Waals surface area contributed by atoms with E-state index in [0.29, 0.717) is 19.0 Å². The fraction of sp³-hybridized carbons (Fsp3) is 0.429. The molecule has 1 heterocycles. The maximum absolute atomic E-state index is 12.8. The molecule has 0 aromatic heterocycles. The van der Waals surface area contributed by atoms with Crippen molar-refractivity contribution in [2.45, 2.75) is 19.3 Å². The monoisotopic (exact) mass is 278 g/mol. The average molecular weight is 278 g/mol. The topological polar surface area (TPSA) is 66.8 Å². The van der Waals surface area contributed by atoms with E-state index in [0.717, 1.165) is 24.8 Å². The zero-order valence-corrected chi connectivity index (χ0v) is 10.9. The van der Waals surface area contributed by atoms with Gasteiger partial charge in [0.25, 0.3) is 0 Å². The summed E-state index contributed by atoms with van der Waals surface area (Å²) in [7, 11) is 0. The lowest BCUT2D eigenvalue weighted by molar-refractivity contribution is -0.145. The molecule has 20 heavy (non-hydrogen) atoms. The molecular formula is C14H15FN2O3. The van der Waals surface area contributed by atoms with Gasteiger partial charge < -0.3 is 4.90 Å². The Kier molecular flexibility index (Phi) is 4.55. The quantitative estimate of drug-likeness (QED) is 0.613. The van der Waals surface area contributed by atoms with Crippen LogP contribution in [0.2, 0.25) is 0 Å². The number of amides is 2. The molecule has 1 saturated heterocycles. The third kappa shape index (κ3) is 3.46. The van der Waals surface area contributed by atoms with Crippen molar-refractivity contribution in [1.29, 1.82) is 0 Å². The van der Waals surface area contributed by atoms with E-state index >= 15 is 0 Å². The van der Waals surface area contributed by atoms with Crippen LogP contribution in [0.1, 0.15) is 18.4 Å². The summed E-state index contributed by atoms with van der Waals surface area (Å²) < 4.78 is 12.8. The van der Waals surface area contributed by atoms with Crippen LogP contribution in [0.25, 0.3) is 0 Å². The lowest BCUT2D eigenvalue weighted by Gasteiger charge is -2.31. The Morgan fingerprint density at radius 3 is 2.35 bits per heavy atom. The summed E-state index contributed by atoms with van der Waals surface area (Å²) in [6.45, 7) is 0.901. The molecule has 2 rings (SSSR count). The molecular weight excluding hydrogens is 263 g/mol. The number of nitrogens with zero attached hydrogens (tertiary/aromatic N) is 2. The predicted octanol–water partition coefficient (Wildman–Crippen LogP) is 1.90. The molecule has 6 heteroatoms. The molecule has 1 aromatic rings. The molecule has 1 fully saturated rings. The van der Waals surface area contributed by atoms with Crippen LogP contribution >= 0.6 is 0 Å². The van der Waals surface area contributed by atoms with Crippen molar-refractivity contribution >= 4 is 11.8 Å². The summed E-state index contributed by atoms with van der Waals surface area (Å²) in [5.41, 5.74) is 1.06. The second-order valence-electron chi connectivity index (χ2n) is 4.96. The number of benzene rings is 1. The number of nitroso groups, excluding NO2 is 1. The molecule has 0 N–H and O–H groups in total. The standard InChI is InChI=1S/C14H15FN2O3/c15-12-3-1-10(2-4-12)9-11-5-7-17(8-6-11)14(19)13(18)16-20/h1-4,11H,5-9H2. The number of carbonyl (C=O) groups is 2. The van der Waals surface area contributed by atoms with Gasteiger partial charge in [-0.25, -0.2) is 4.39 Å². The van der Waals surface area contributed by atoms with Crippen molar-refractivity contribution in [1.82, 2.24) is 4.90 Å². The van der Waals surface area contributed by atoms with Crippen LogP contribution in [0.15, 0.2) is 29.4 Å². The van der Waals surface area contributed by atoms with Crippen LogP contribution in [0.3, 0.4) is 0 Å². The lowest BCUT2D eigenvalue weighted by atomic mass is 9.90. The van der Waals surface area contributed by atoms with Crippen LogP contribution in [-0.4, -0.2) is 29.8 Å². The molecule has 1 aromatic carbocycles. The van der Waals surface area contributed by atoms with Crippen LogP contribution in [-0.2, 0) is 16.0 Å². The zero-order valence-electron chi connectivity index (χ0n) is 10.9. The van der Waals surface area contributed by atoms with Crippen molar-refractivity contribution < 1.29 is 14.0 Å². The van der Waals surface area contributed by atoms with Crippen molar-refractivity contribution in [3.63, 3.8) is 0 Å². The lowest BCUT2D eigenvalue weighted by Crippen LogP contribution is -2.41. The third-order valence-corrected chi connectivity index (χ3v) is 3.61. The first-order valence-electron chi connectivity index (χ1n) is 6.51. The van der Waals surface area contributed by atoms with Gasteiger partial charge in [0.15, 0.2) is 0 Å². The largest absolute Gasteiger partial charge is 0.373 e. The molecule has 0 spiro atoms. The number of hydrogen-bond acceptors (Lipinski definition) is 3. The van der Waals surface area contributed by atoms with Gasteiger partial charge in [-0.15, -0.1) is 4.91 Å². The first kappa shape index (κ1) is 14.3. The van der Waals surface area contributed by atoms with E-state index in [4.69, 9.17) is 0 Å². The fourth-order valence-electron chi connectivity index (χ4n) is 2.47. The first-order valence-corrected chi connectivity index (χ1v) is 6.51. The highest BCUT2D eigenvalue weighted by Crippen LogP contribution is 2.22. The zero-order chi connectivity index (χ0) is 14.5. The highest BCUT2D eigenvalue weighted by Gasteiger charge is 2.27. The SMILES string of the molecule is O=NC(=O)C(=O)N1CCC(Cc2ccc(F)cc2)CC1. The minimum absolute atomic E-state index is 0.256. The maximum Gasteiger partial charge on any atom is 0.373 e. The summed E-state index contributed by atoms with van der Waals surface area (Å²) in [6.07, 6.45) is 2.34. The van der Waals surface area contributed by atoms with Crippen molar-refractivity contribution in [2.24, 2.45) is 11.1 Å². The van der Waals surface area contributed by atoms with E-state index in [1.54, 1.807) is 12.1 Å². The molecule has 0 atom stereocenters. The van der Waals surface area contributed by atoms with Gasteiger partial charge in [0.1, 0.15) is 5.82 Å². The Bertz CT molecular complexity index is 508. The van der Waals surface area contributed by atoms with Crippen LogP contribution in [0.4, 0.5) is 4.39 Å². The van der Waals surface area contributed by atoms with Gasteiger partial charge in [0.2, 0.25) is 0 Å². The molecule has 2 amide bonds. The molecule has 1 aliphatic heterocycles. The number of likely N-dealkylation sites (tertiary alicyclic amines) is 1. The van der Waals surface area contributed by atoms with Crippen molar-refractivity contribution in [2.75, 3.05) is 13.1 Å². The molecule has 0 bridgehead atoms. The number of piperidine rings is 1. The van der Waals surface area contributed by atoms with Gasteiger partial charge in [-0.1, -0.05) is 12.1 Å². The minimum atomic E-state index is -1.23. The highest BCUT2D eigenvalue weighted by molar-refractivity contribution is 6.35. The number of hydrogen-bond donors (Lipinski definition) is 0. The number of carbonyl (C=O) groups excluding carboxylic acids is 2. The van der Waals surface area contributed by atoms with E-state index in [1.807, 2.05) is 0 Å².